The van der Waals surface area contributed by atoms with Crippen LogP contribution in [-0.2, 0) is 9.53 Å². The van der Waals surface area contributed by atoms with Crippen molar-refractivity contribution in [2.75, 3.05) is 7.11 Å². The van der Waals surface area contributed by atoms with Crippen molar-refractivity contribution < 1.29 is 13.9 Å². The van der Waals surface area contributed by atoms with E-state index in [9.17, 15) is 9.18 Å². The highest BCUT2D eigenvalue weighted by Gasteiger charge is 1.99. The summed E-state index contributed by atoms with van der Waals surface area (Å²) in [5.74, 6) is -0.893. The van der Waals surface area contributed by atoms with E-state index in [-0.39, 0.29) is 5.02 Å². The molecule has 4 heteroatoms. The molecule has 0 aromatic heterocycles. The first-order chi connectivity index (χ1) is 6.63. The van der Waals surface area contributed by atoms with E-state index in [1.807, 2.05) is 0 Å². The standard InChI is InChI=1S/C10H8ClFO2/c1-14-10(13)5-3-7-2-4-8(12)6-9(7)11/h2-6H,1H3. The van der Waals surface area contributed by atoms with Gasteiger partial charge in [-0.1, -0.05) is 17.7 Å². The van der Waals surface area contributed by atoms with Crippen LogP contribution in [0.2, 0.25) is 5.02 Å². The van der Waals surface area contributed by atoms with Crippen LogP contribution in [0.1, 0.15) is 5.56 Å². The van der Waals surface area contributed by atoms with Crippen molar-refractivity contribution in [3.63, 3.8) is 0 Å². The van der Waals surface area contributed by atoms with Crippen LogP contribution in [-0.4, -0.2) is 13.1 Å². The predicted octanol–water partition coefficient (Wildman–Crippen LogP) is 2.67. The molecule has 2 nitrogen and oxygen atoms in total. The molecule has 0 saturated heterocycles. The average Bonchev–Trinajstić information content (AvgIpc) is 2.16. The summed E-state index contributed by atoms with van der Waals surface area (Å²) in [6.07, 6.45) is 2.69. The number of carbonyl (C=O) groups excluding carboxylic acids is 1. The fraction of sp³-hybridized carbons (Fsp3) is 0.100. The number of esters is 1. The highest BCUT2D eigenvalue weighted by molar-refractivity contribution is 6.32. The Morgan fingerprint density at radius 2 is 2.29 bits per heavy atom. The van der Waals surface area contributed by atoms with E-state index in [2.05, 4.69) is 4.74 Å². The summed E-state index contributed by atoms with van der Waals surface area (Å²) in [6, 6.07) is 3.93. The number of halogens is 2. The fourth-order valence-electron chi connectivity index (χ4n) is 0.863. The Morgan fingerprint density at radius 3 is 2.86 bits per heavy atom. The number of hydrogen-bond acceptors (Lipinski definition) is 2. The van der Waals surface area contributed by atoms with Crippen molar-refractivity contribution in [2.24, 2.45) is 0 Å². The largest absolute Gasteiger partial charge is 0.466 e. The van der Waals surface area contributed by atoms with Gasteiger partial charge in [-0.2, -0.15) is 0 Å². The van der Waals surface area contributed by atoms with Crippen LogP contribution in [0.4, 0.5) is 4.39 Å². The molecular formula is C10H8ClFO2. The molecule has 14 heavy (non-hydrogen) atoms. The lowest BCUT2D eigenvalue weighted by Crippen LogP contribution is -1.93. The van der Waals surface area contributed by atoms with Crippen molar-refractivity contribution in [1.82, 2.24) is 0 Å². The first-order valence-electron chi connectivity index (χ1n) is 3.84. The molecular weight excluding hydrogens is 207 g/mol. The van der Waals surface area contributed by atoms with Gasteiger partial charge in [-0.3, -0.25) is 0 Å². The molecule has 0 saturated carbocycles. The molecule has 0 spiro atoms. The van der Waals surface area contributed by atoms with Crippen molar-refractivity contribution >= 4 is 23.6 Å². The number of methoxy groups -OCH3 is 1. The predicted molar refractivity (Wildman–Crippen MR) is 52.5 cm³/mol. The van der Waals surface area contributed by atoms with Gasteiger partial charge >= 0.3 is 5.97 Å². The fourth-order valence-corrected chi connectivity index (χ4v) is 1.09. The monoisotopic (exact) mass is 214 g/mol. The molecule has 74 valence electrons. The first kappa shape index (κ1) is 10.7. The second-order valence-corrected chi connectivity index (χ2v) is 2.93. The van der Waals surface area contributed by atoms with E-state index in [1.54, 1.807) is 0 Å². The minimum atomic E-state index is -0.481. The van der Waals surface area contributed by atoms with Crippen LogP contribution in [0, 0.1) is 5.82 Å². The molecule has 0 radical (unpaired) electrons. The number of benzene rings is 1. The Morgan fingerprint density at radius 1 is 1.57 bits per heavy atom. The molecule has 0 bridgehead atoms. The van der Waals surface area contributed by atoms with Crippen molar-refractivity contribution in [1.29, 1.82) is 0 Å². The van der Waals surface area contributed by atoms with Crippen molar-refractivity contribution in [3.05, 3.63) is 40.7 Å². The van der Waals surface area contributed by atoms with Gasteiger partial charge < -0.3 is 4.74 Å². The summed E-state index contributed by atoms with van der Waals surface area (Å²) in [6.45, 7) is 0. The highest BCUT2D eigenvalue weighted by atomic mass is 35.5. The molecule has 0 atom stereocenters. The molecule has 0 fully saturated rings. The summed E-state index contributed by atoms with van der Waals surface area (Å²) < 4.78 is 17.0. The Balaban J connectivity index is 2.87. The van der Waals surface area contributed by atoms with Crippen molar-refractivity contribution in [2.45, 2.75) is 0 Å². The van der Waals surface area contributed by atoms with E-state index in [0.29, 0.717) is 5.56 Å². The maximum Gasteiger partial charge on any atom is 0.330 e. The van der Waals surface area contributed by atoms with Gasteiger partial charge in [0.05, 0.1) is 12.1 Å². The van der Waals surface area contributed by atoms with Crippen LogP contribution in [0.15, 0.2) is 24.3 Å². The van der Waals surface area contributed by atoms with Crippen LogP contribution in [0.5, 0.6) is 0 Å². The summed E-state index contributed by atoms with van der Waals surface area (Å²) >= 11 is 5.71. The van der Waals surface area contributed by atoms with Gasteiger partial charge in [-0.15, -0.1) is 0 Å². The molecule has 0 unspecified atom stereocenters. The Kier molecular flexibility index (Phi) is 3.65. The summed E-state index contributed by atoms with van der Waals surface area (Å²) in [5, 5.41) is 0.255. The molecule has 0 aliphatic heterocycles. The molecule has 1 aromatic rings. The van der Waals surface area contributed by atoms with Gasteiger partial charge in [-0.05, 0) is 23.8 Å². The van der Waals surface area contributed by atoms with Crippen LogP contribution in [0.25, 0.3) is 6.08 Å². The van der Waals surface area contributed by atoms with Crippen LogP contribution < -0.4 is 0 Å². The number of rotatable bonds is 2. The maximum atomic E-state index is 12.6. The third-order valence-electron chi connectivity index (χ3n) is 1.56. The lowest BCUT2D eigenvalue weighted by Gasteiger charge is -1.97. The minimum Gasteiger partial charge on any atom is -0.466 e. The third-order valence-corrected chi connectivity index (χ3v) is 1.89. The van der Waals surface area contributed by atoms with Crippen LogP contribution in [0.3, 0.4) is 0 Å². The summed E-state index contributed by atoms with van der Waals surface area (Å²) in [5.41, 5.74) is 0.568. The van der Waals surface area contributed by atoms with Gasteiger partial charge in [-0.25, -0.2) is 9.18 Å². The maximum absolute atomic E-state index is 12.6. The van der Waals surface area contributed by atoms with E-state index in [4.69, 9.17) is 11.6 Å². The molecule has 0 aliphatic carbocycles. The topological polar surface area (TPSA) is 26.3 Å². The molecule has 1 rings (SSSR count). The van der Waals surface area contributed by atoms with E-state index in [0.717, 1.165) is 0 Å². The smallest absolute Gasteiger partial charge is 0.330 e. The zero-order chi connectivity index (χ0) is 10.6. The lowest BCUT2D eigenvalue weighted by atomic mass is 10.2. The Hall–Kier alpha value is -1.35. The van der Waals surface area contributed by atoms with Gasteiger partial charge in [0.25, 0.3) is 0 Å². The second kappa shape index (κ2) is 4.77. The molecule has 1 aromatic carbocycles. The molecule has 0 heterocycles. The van der Waals surface area contributed by atoms with Gasteiger partial charge in [0.1, 0.15) is 5.82 Å². The quantitative estimate of drug-likeness (QED) is 0.559. The number of carbonyl (C=O) groups is 1. The molecule has 0 aliphatic rings. The minimum absolute atomic E-state index is 0.255. The Labute approximate surface area is 85.9 Å². The third kappa shape index (κ3) is 2.85. The SMILES string of the molecule is COC(=O)C=Cc1ccc(F)cc1Cl. The number of ether oxygens (including phenoxy) is 1. The highest BCUT2D eigenvalue weighted by Crippen LogP contribution is 2.18. The number of hydrogen-bond donors (Lipinski definition) is 0. The van der Waals surface area contributed by atoms with Crippen molar-refractivity contribution in [3.8, 4) is 0 Å². The van der Waals surface area contributed by atoms with E-state index in [1.165, 1.54) is 37.5 Å². The van der Waals surface area contributed by atoms with E-state index >= 15 is 0 Å². The zero-order valence-corrected chi connectivity index (χ0v) is 8.22. The second-order valence-electron chi connectivity index (χ2n) is 2.52. The van der Waals surface area contributed by atoms with E-state index < -0.39 is 11.8 Å². The normalized spacial score (nSPS) is 10.5. The molecule has 0 N–H and O–H groups in total. The van der Waals surface area contributed by atoms with Gasteiger partial charge in [0.15, 0.2) is 0 Å². The summed E-state index contributed by atoms with van der Waals surface area (Å²) in [4.78, 5) is 10.7. The first-order valence-corrected chi connectivity index (χ1v) is 4.22. The van der Waals surface area contributed by atoms with Gasteiger partial charge in [0.2, 0.25) is 0 Å². The van der Waals surface area contributed by atoms with Gasteiger partial charge in [0, 0.05) is 6.08 Å². The summed E-state index contributed by atoms with van der Waals surface area (Å²) in [7, 11) is 1.28. The Bertz CT molecular complexity index is 374. The molecule has 0 amide bonds. The zero-order valence-electron chi connectivity index (χ0n) is 7.46. The average molecular weight is 215 g/mol. The lowest BCUT2D eigenvalue weighted by molar-refractivity contribution is -0.134. The van der Waals surface area contributed by atoms with Crippen LogP contribution >= 0.6 is 11.6 Å².